The second-order valence-electron chi connectivity index (χ2n) is 4.49. The van der Waals surface area contributed by atoms with Gasteiger partial charge in [0, 0.05) is 18.8 Å². The van der Waals surface area contributed by atoms with Crippen molar-refractivity contribution >= 4 is 17.5 Å². The van der Waals surface area contributed by atoms with Crippen molar-refractivity contribution in [1.29, 1.82) is 0 Å². The molecule has 6 heteroatoms. The van der Waals surface area contributed by atoms with E-state index >= 15 is 0 Å². The van der Waals surface area contributed by atoms with E-state index in [2.05, 4.69) is 10.6 Å². The van der Waals surface area contributed by atoms with Crippen LogP contribution < -0.4 is 10.6 Å². The van der Waals surface area contributed by atoms with Crippen LogP contribution in [0, 0.1) is 6.92 Å². The minimum atomic E-state index is -0.735. The van der Waals surface area contributed by atoms with Crippen LogP contribution >= 0.6 is 0 Å². The van der Waals surface area contributed by atoms with E-state index in [1.807, 2.05) is 0 Å². The summed E-state index contributed by atoms with van der Waals surface area (Å²) in [5.74, 6) is -1.32. The number of aliphatic hydroxyl groups excluding tert-OH is 1. The molecule has 0 atom stereocenters. The van der Waals surface area contributed by atoms with E-state index in [1.54, 1.807) is 6.92 Å². The molecule has 6 nitrogen and oxygen atoms in total. The van der Waals surface area contributed by atoms with E-state index in [4.69, 9.17) is 5.11 Å². The monoisotopic (exact) mass is 280 g/mol. The van der Waals surface area contributed by atoms with E-state index in [0.29, 0.717) is 24.2 Å². The van der Waals surface area contributed by atoms with E-state index in [1.165, 1.54) is 18.2 Å². The fourth-order valence-electron chi connectivity index (χ4n) is 1.66. The highest BCUT2D eigenvalue weighted by molar-refractivity contribution is 6.39. The van der Waals surface area contributed by atoms with Gasteiger partial charge in [-0.3, -0.25) is 9.59 Å². The number of aliphatic hydroxyl groups is 1. The van der Waals surface area contributed by atoms with Crippen LogP contribution in [-0.2, 0) is 9.59 Å². The third-order valence-corrected chi connectivity index (χ3v) is 2.78. The summed E-state index contributed by atoms with van der Waals surface area (Å²) < 4.78 is 0. The van der Waals surface area contributed by atoms with Crippen LogP contribution in [0.5, 0.6) is 5.75 Å². The van der Waals surface area contributed by atoms with Crippen molar-refractivity contribution in [2.45, 2.75) is 26.2 Å². The lowest BCUT2D eigenvalue weighted by atomic mass is 10.2. The van der Waals surface area contributed by atoms with Crippen LogP contribution in [0.25, 0.3) is 0 Å². The number of aryl methyl sites for hydroxylation is 1. The molecule has 1 aromatic rings. The Hall–Kier alpha value is -2.08. The largest absolute Gasteiger partial charge is 0.508 e. The molecule has 0 fully saturated rings. The first kappa shape index (κ1) is 16.0. The maximum Gasteiger partial charge on any atom is 0.313 e. The molecule has 0 heterocycles. The number of rotatable bonds is 6. The second kappa shape index (κ2) is 8.16. The molecule has 0 unspecified atom stereocenters. The van der Waals surface area contributed by atoms with Gasteiger partial charge in [0.25, 0.3) is 0 Å². The van der Waals surface area contributed by atoms with Gasteiger partial charge in [-0.25, -0.2) is 0 Å². The van der Waals surface area contributed by atoms with Crippen LogP contribution in [-0.4, -0.2) is 35.2 Å². The van der Waals surface area contributed by atoms with Crippen LogP contribution in [0.2, 0.25) is 0 Å². The predicted octanol–water partition coefficient (Wildman–Crippen LogP) is 0.918. The number of aromatic hydroxyl groups is 1. The molecule has 20 heavy (non-hydrogen) atoms. The highest BCUT2D eigenvalue weighted by atomic mass is 16.3. The van der Waals surface area contributed by atoms with Crippen LogP contribution in [0.3, 0.4) is 0 Å². The molecule has 0 saturated carbocycles. The third-order valence-electron chi connectivity index (χ3n) is 2.78. The number of phenolic OH excluding ortho intramolecular Hbond substituents is 1. The molecule has 4 N–H and O–H groups in total. The van der Waals surface area contributed by atoms with E-state index in [0.717, 1.165) is 12.8 Å². The quantitative estimate of drug-likeness (QED) is 0.354. The van der Waals surface area contributed by atoms with Crippen LogP contribution in [0.15, 0.2) is 18.2 Å². The van der Waals surface area contributed by atoms with Crippen LogP contribution in [0.4, 0.5) is 5.69 Å². The first-order valence-corrected chi connectivity index (χ1v) is 6.54. The highest BCUT2D eigenvalue weighted by Crippen LogP contribution is 2.19. The summed E-state index contributed by atoms with van der Waals surface area (Å²) >= 11 is 0. The number of anilines is 1. The number of carbonyl (C=O) groups excluding carboxylic acids is 2. The second-order valence-corrected chi connectivity index (χ2v) is 4.49. The van der Waals surface area contributed by atoms with Gasteiger partial charge in [-0.05, 0) is 49.9 Å². The minimum absolute atomic E-state index is 0.105. The van der Waals surface area contributed by atoms with Crippen molar-refractivity contribution in [3.8, 4) is 5.75 Å². The molecule has 0 aliphatic carbocycles. The van der Waals surface area contributed by atoms with E-state index in [9.17, 15) is 14.7 Å². The fourth-order valence-corrected chi connectivity index (χ4v) is 1.66. The number of hydrogen-bond donors (Lipinski definition) is 4. The molecule has 110 valence electrons. The number of nitrogens with one attached hydrogen (secondary N) is 2. The van der Waals surface area contributed by atoms with Crippen molar-refractivity contribution in [3.05, 3.63) is 23.8 Å². The van der Waals surface area contributed by atoms with Crippen molar-refractivity contribution in [2.24, 2.45) is 0 Å². The maximum atomic E-state index is 11.6. The molecule has 0 radical (unpaired) electrons. The molecule has 0 saturated heterocycles. The molecule has 0 aromatic heterocycles. The summed E-state index contributed by atoms with van der Waals surface area (Å²) in [6.07, 6.45) is 2.21. The standard InChI is InChI=1S/C14H20N2O4/c1-10-9-11(18)5-6-12(10)16-14(20)13(19)15-7-3-2-4-8-17/h5-6,9,17-18H,2-4,7-8H2,1H3,(H,15,19)(H,16,20). The van der Waals surface area contributed by atoms with Crippen molar-refractivity contribution in [2.75, 3.05) is 18.5 Å². The SMILES string of the molecule is Cc1cc(O)ccc1NC(=O)C(=O)NCCCCCO. The lowest BCUT2D eigenvalue weighted by molar-refractivity contribution is -0.136. The van der Waals surface area contributed by atoms with Gasteiger partial charge < -0.3 is 20.8 Å². The Balaban J connectivity index is 2.39. The average molecular weight is 280 g/mol. The summed E-state index contributed by atoms with van der Waals surface area (Å²) in [5.41, 5.74) is 1.16. The van der Waals surface area contributed by atoms with Crippen LogP contribution in [0.1, 0.15) is 24.8 Å². The number of amides is 2. The summed E-state index contributed by atoms with van der Waals surface area (Å²) in [6, 6.07) is 4.48. The molecule has 0 aliphatic rings. The van der Waals surface area contributed by atoms with Gasteiger partial charge in [-0.15, -0.1) is 0 Å². The predicted molar refractivity (Wildman–Crippen MR) is 75.4 cm³/mol. The van der Waals surface area contributed by atoms with Gasteiger partial charge in [0.05, 0.1) is 0 Å². The lowest BCUT2D eigenvalue weighted by Crippen LogP contribution is -2.36. The fraction of sp³-hybridized carbons (Fsp3) is 0.429. The summed E-state index contributed by atoms with van der Waals surface area (Å²) in [6.45, 7) is 2.26. The molecule has 1 rings (SSSR count). The number of carbonyl (C=O) groups is 2. The van der Waals surface area contributed by atoms with Gasteiger partial charge in [-0.1, -0.05) is 0 Å². The summed E-state index contributed by atoms with van der Waals surface area (Å²) in [5, 5.41) is 22.9. The smallest absolute Gasteiger partial charge is 0.313 e. The topological polar surface area (TPSA) is 98.7 Å². The molecular weight excluding hydrogens is 260 g/mol. The first-order valence-electron chi connectivity index (χ1n) is 6.54. The van der Waals surface area contributed by atoms with E-state index < -0.39 is 11.8 Å². The first-order chi connectivity index (χ1) is 9.54. The Kier molecular flexibility index (Phi) is 6.52. The van der Waals surface area contributed by atoms with Gasteiger partial charge in [0.1, 0.15) is 5.75 Å². The number of benzene rings is 1. The number of unbranched alkanes of at least 4 members (excludes halogenated alkanes) is 2. The van der Waals surface area contributed by atoms with Gasteiger partial charge in [-0.2, -0.15) is 0 Å². The number of phenols is 1. The zero-order valence-electron chi connectivity index (χ0n) is 11.5. The lowest BCUT2D eigenvalue weighted by Gasteiger charge is -2.09. The number of hydrogen-bond acceptors (Lipinski definition) is 4. The normalized spacial score (nSPS) is 10.1. The molecule has 2 amide bonds. The highest BCUT2D eigenvalue weighted by Gasteiger charge is 2.13. The van der Waals surface area contributed by atoms with Gasteiger partial charge >= 0.3 is 11.8 Å². The summed E-state index contributed by atoms with van der Waals surface area (Å²) in [4.78, 5) is 23.2. The molecule has 0 bridgehead atoms. The third kappa shape index (κ3) is 5.27. The Morgan fingerprint density at radius 1 is 1.15 bits per heavy atom. The molecule has 0 spiro atoms. The Morgan fingerprint density at radius 2 is 1.90 bits per heavy atom. The van der Waals surface area contributed by atoms with Gasteiger partial charge in [0.2, 0.25) is 0 Å². The molecule has 0 aliphatic heterocycles. The minimum Gasteiger partial charge on any atom is -0.508 e. The molecule has 1 aromatic carbocycles. The molecular formula is C14H20N2O4. The van der Waals surface area contributed by atoms with E-state index in [-0.39, 0.29) is 12.4 Å². The Morgan fingerprint density at radius 3 is 2.55 bits per heavy atom. The van der Waals surface area contributed by atoms with Gasteiger partial charge in [0.15, 0.2) is 0 Å². The van der Waals surface area contributed by atoms with Crippen molar-refractivity contribution in [1.82, 2.24) is 5.32 Å². The Bertz CT molecular complexity index is 474. The van der Waals surface area contributed by atoms with Crippen molar-refractivity contribution in [3.63, 3.8) is 0 Å². The van der Waals surface area contributed by atoms with Crippen molar-refractivity contribution < 1.29 is 19.8 Å². The summed E-state index contributed by atoms with van der Waals surface area (Å²) in [7, 11) is 0. The maximum absolute atomic E-state index is 11.6. The average Bonchev–Trinajstić information content (AvgIpc) is 2.41. The Labute approximate surface area is 117 Å². The zero-order valence-corrected chi connectivity index (χ0v) is 11.5. The zero-order chi connectivity index (χ0) is 15.0.